The molecule has 0 aliphatic heterocycles. The minimum absolute atomic E-state index is 0.0164. The van der Waals surface area contributed by atoms with Crippen molar-refractivity contribution in [1.29, 1.82) is 0 Å². The van der Waals surface area contributed by atoms with E-state index in [1.165, 1.54) is 6.92 Å². The van der Waals surface area contributed by atoms with E-state index in [1.807, 2.05) is 19.1 Å². The number of H-pyrrole nitrogens is 1. The summed E-state index contributed by atoms with van der Waals surface area (Å²) < 4.78 is 0. The molecule has 1 aromatic heterocycles. The van der Waals surface area contributed by atoms with Gasteiger partial charge in [-0.15, -0.1) is 0 Å². The van der Waals surface area contributed by atoms with Crippen LogP contribution in [0.1, 0.15) is 30.6 Å². The average molecular weight is 294 g/mol. The van der Waals surface area contributed by atoms with E-state index in [4.69, 9.17) is 0 Å². The monoisotopic (exact) mass is 294 g/mol. The molecular formula is C14H18N2O3S. The first-order valence-corrected chi connectivity index (χ1v) is 7.40. The Balaban J connectivity index is 2.11. The van der Waals surface area contributed by atoms with Crippen molar-refractivity contribution in [3.8, 4) is 0 Å². The van der Waals surface area contributed by atoms with Crippen LogP contribution in [-0.4, -0.2) is 37.4 Å². The molecule has 0 amide bonds. The van der Waals surface area contributed by atoms with Crippen molar-refractivity contribution in [2.75, 3.05) is 5.75 Å². The molecule has 0 saturated heterocycles. The topological polar surface area (TPSA) is 86.2 Å². The molecule has 20 heavy (non-hydrogen) atoms. The van der Waals surface area contributed by atoms with E-state index in [9.17, 15) is 15.0 Å². The van der Waals surface area contributed by atoms with Gasteiger partial charge >= 0.3 is 0 Å². The van der Waals surface area contributed by atoms with Gasteiger partial charge < -0.3 is 10.2 Å². The van der Waals surface area contributed by atoms with Crippen molar-refractivity contribution in [3.63, 3.8) is 0 Å². The number of rotatable bonds is 5. The number of nitrogens with one attached hydrogen (secondary N) is 1. The molecule has 2 atom stereocenters. The Hall–Kier alpha value is -1.37. The molecule has 0 bridgehead atoms. The zero-order valence-electron chi connectivity index (χ0n) is 11.5. The summed E-state index contributed by atoms with van der Waals surface area (Å²) in [6, 6.07) is 3.73. The van der Waals surface area contributed by atoms with Crippen molar-refractivity contribution in [1.82, 2.24) is 10.2 Å². The van der Waals surface area contributed by atoms with Crippen LogP contribution in [-0.2, 0) is 4.79 Å². The second-order valence-electron chi connectivity index (χ2n) is 4.81. The Morgan fingerprint density at radius 1 is 1.45 bits per heavy atom. The molecule has 1 heterocycles. The lowest BCUT2D eigenvalue weighted by Crippen LogP contribution is -2.20. The maximum absolute atomic E-state index is 10.8. The third kappa shape index (κ3) is 3.39. The molecule has 2 aromatic rings. The standard InChI is InChI=1S/C14H18N2O3S/c1-8-5-12-10(7-15-16-12)6-11(8)14(19)13(18)3-4-20-9(2)17/h5-7,13-14,18-19H,3-4H2,1-2H3,(H,15,16). The van der Waals surface area contributed by atoms with Crippen LogP contribution in [0.4, 0.5) is 0 Å². The van der Waals surface area contributed by atoms with Crippen molar-refractivity contribution in [2.24, 2.45) is 0 Å². The largest absolute Gasteiger partial charge is 0.390 e. The van der Waals surface area contributed by atoms with Gasteiger partial charge in [0.2, 0.25) is 0 Å². The minimum atomic E-state index is -0.957. The minimum Gasteiger partial charge on any atom is -0.390 e. The lowest BCUT2D eigenvalue weighted by atomic mass is 9.97. The fraction of sp³-hybridized carbons (Fsp3) is 0.429. The predicted octanol–water partition coefficient (Wildman–Crippen LogP) is 1.94. The van der Waals surface area contributed by atoms with Crippen LogP contribution in [0, 0.1) is 6.92 Å². The summed E-state index contributed by atoms with van der Waals surface area (Å²) in [7, 11) is 0. The molecule has 0 saturated carbocycles. The Bertz CT molecular complexity index is 611. The van der Waals surface area contributed by atoms with Crippen LogP contribution in [0.2, 0.25) is 0 Å². The second-order valence-corrected chi connectivity index (χ2v) is 6.08. The number of hydrogen-bond donors (Lipinski definition) is 3. The number of fused-ring (bicyclic) bond motifs is 1. The lowest BCUT2D eigenvalue weighted by Gasteiger charge is -2.19. The van der Waals surface area contributed by atoms with Gasteiger partial charge in [0.1, 0.15) is 6.10 Å². The summed E-state index contributed by atoms with van der Waals surface area (Å²) in [4.78, 5) is 10.8. The van der Waals surface area contributed by atoms with E-state index in [0.29, 0.717) is 17.7 Å². The SMILES string of the molecule is CC(=O)SCCC(O)C(O)c1cc2cn[nH]c2cc1C. The molecule has 0 aliphatic rings. The van der Waals surface area contributed by atoms with E-state index < -0.39 is 12.2 Å². The van der Waals surface area contributed by atoms with Gasteiger partial charge in [-0.3, -0.25) is 9.89 Å². The predicted molar refractivity (Wildman–Crippen MR) is 79.6 cm³/mol. The second kappa shape index (κ2) is 6.39. The average Bonchev–Trinajstić information content (AvgIpc) is 2.83. The summed E-state index contributed by atoms with van der Waals surface area (Å²) >= 11 is 1.16. The molecule has 3 N–H and O–H groups in total. The maximum Gasteiger partial charge on any atom is 0.185 e. The molecule has 0 radical (unpaired) electrons. The van der Waals surface area contributed by atoms with Crippen LogP contribution in [0.25, 0.3) is 10.9 Å². The number of aliphatic hydroxyl groups excluding tert-OH is 2. The maximum atomic E-state index is 10.8. The summed E-state index contributed by atoms with van der Waals surface area (Å²) in [5, 5.41) is 28.0. The number of aromatic amines is 1. The van der Waals surface area contributed by atoms with E-state index >= 15 is 0 Å². The fourth-order valence-electron chi connectivity index (χ4n) is 2.12. The van der Waals surface area contributed by atoms with Crippen LogP contribution in [0.5, 0.6) is 0 Å². The summed E-state index contributed by atoms with van der Waals surface area (Å²) in [5.41, 5.74) is 2.49. The lowest BCUT2D eigenvalue weighted by molar-refractivity contribution is -0.109. The highest BCUT2D eigenvalue weighted by Gasteiger charge is 2.20. The third-order valence-electron chi connectivity index (χ3n) is 3.23. The number of nitrogens with zero attached hydrogens (tertiary/aromatic N) is 1. The number of hydrogen-bond acceptors (Lipinski definition) is 5. The van der Waals surface area contributed by atoms with Crippen molar-refractivity contribution in [3.05, 3.63) is 29.5 Å². The van der Waals surface area contributed by atoms with Crippen LogP contribution < -0.4 is 0 Å². The normalized spacial score (nSPS) is 14.4. The number of aryl methyl sites for hydroxylation is 1. The summed E-state index contributed by atoms with van der Waals surface area (Å²) in [6.45, 7) is 3.38. The summed E-state index contributed by atoms with van der Waals surface area (Å²) in [5.74, 6) is 0.501. The smallest absolute Gasteiger partial charge is 0.185 e. The van der Waals surface area contributed by atoms with Crippen molar-refractivity contribution in [2.45, 2.75) is 32.5 Å². The van der Waals surface area contributed by atoms with Gasteiger partial charge in [0.25, 0.3) is 0 Å². The molecule has 5 nitrogen and oxygen atoms in total. The molecule has 0 aliphatic carbocycles. The molecule has 6 heteroatoms. The van der Waals surface area contributed by atoms with E-state index in [-0.39, 0.29) is 5.12 Å². The molecule has 2 rings (SSSR count). The number of thioether (sulfide) groups is 1. The highest BCUT2D eigenvalue weighted by molar-refractivity contribution is 8.13. The Kier molecular flexibility index (Phi) is 4.80. The van der Waals surface area contributed by atoms with Gasteiger partial charge in [-0.05, 0) is 36.6 Å². The van der Waals surface area contributed by atoms with Gasteiger partial charge in [-0.2, -0.15) is 5.10 Å². The first-order valence-electron chi connectivity index (χ1n) is 6.42. The Morgan fingerprint density at radius 3 is 2.90 bits per heavy atom. The Morgan fingerprint density at radius 2 is 2.20 bits per heavy atom. The van der Waals surface area contributed by atoms with Crippen molar-refractivity contribution >= 4 is 27.8 Å². The fourth-order valence-corrected chi connectivity index (χ4v) is 2.77. The zero-order chi connectivity index (χ0) is 14.7. The van der Waals surface area contributed by atoms with E-state index in [2.05, 4.69) is 10.2 Å². The molecule has 2 unspecified atom stereocenters. The number of carbonyl (C=O) groups excluding carboxylic acids is 1. The van der Waals surface area contributed by atoms with E-state index in [0.717, 1.165) is 28.2 Å². The number of benzene rings is 1. The van der Waals surface area contributed by atoms with E-state index in [1.54, 1.807) is 6.20 Å². The van der Waals surface area contributed by atoms with Gasteiger partial charge in [0.15, 0.2) is 5.12 Å². The van der Waals surface area contributed by atoms with Crippen LogP contribution in [0.15, 0.2) is 18.3 Å². The zero-order valence-corrected chi connectivity index (χ0v) is 12.3. The van der Waals surface area contributed by atoms with Gasteiger partial charge in [0, 0.05) is 18.1 Å². The Labute approximate surface area is 121 Å². The van der Waals surface area contributed by atoms with Gasteiger partial charge in [-0.1, -0.05) is 11.8 Å². The van der Waals surface area contributed by atoms with Gasteiger partial charge in [0.05, 0.1) is 17.8 Å². The van der Waals surface area contributed by atoms with Crippen molar-refractivity contribution < 1.29 is 15.0 Å². The van der Waals surface area contributed by atoms with Gasteiger partial charge in [-0.25, -0.2) is 0 Å². The highest BCUT2D eigenvalue weighted by Crippen LogP contribution is 2.27. The molecule has 0 spiro atoms. The van der Waals surface area contributed by atoms with Crippen LogP contribution in [0.3, 0.4) is 0 Å². The van der Waals surface area contributed by atoms with Crippen LogP contribution >= 0.6 is 11.8 Å². The first-order chi connectivity index (χ1) is 9.49. The molecular weight excluding hydrogens is 276 g/mol. The molecule has 108 valence electrons. The molecule has 1 aromatic carbocycles. The number of aliphatic hydroxyl groups is 2. The number of carbonyl (C=O) groups is 1. The first kappa shape index (κ1) is 15.0. The highest BCUT2D eigenvalue weighted by atomic mass is 32.2. The summed E-state index contributed by atoms with van der Waals surface area (Å²) in [6.07, 6.45) is 0.212. The number of aromatic nitrogens is 2. The quantitative estimate of drug-likeness (QED) is 0.784. The third-order valence-corrected chi connectivity index (χ3v) is 4.08. The molecule has 0 fully saturated rings.